The molecule has 0 spiro atoms. The normalized spacial score (nSPS) is 18.8. The molecule has 172 valence electrons. The molecule has 11 heteroatoms. The van der Waals surface area contributed by atoms with Crippen LogP contribution in [0.4, 0.5) is 0 Å². The van der Waals surface area contributed by atoms with Crippen LogP contribution in [0.1, 0.15) is 42.0 Å². The van der Waals surface area contributed by atoms with Crippen LogP contribution in [-0.4, -0.2) is 63.8 Å². The molecule has 33 heavy (non-hydrogen) atoms. The Morgan fingerprint density at radius 3 is 2.67 bits per heavy atom. The number of aromatic nitrogens is 6. The van der Waals surface area contributed by atoms with Crippen molar-refractivity contribution in [3.05, 3.63) is 56.8 Å². The Hall–Kier alpha value is -3.73. The highest BCUT2D eigenvalue weighted by atomic mass is 16.3. The summed E-state index contributed by atoms with van der Waals surface area (Å²) < 4.78 is 3.94. The first-order chi connectivity index (χ1) is 15.7. The number of imidazole rings is 2. The fourth-order valence-electron chi connectivity index (χ4n) is 4.47. The van der Waals surface area contributed by atoms with Crippen molar-refractivity contribution in [3.63, 3.8) is 0 Å². The fraction of sp³-hybridized carbons (Fsp3) is 0.409. The van der Waals surface area contributed by atoms with Crippen molar-refractivity contribution >= 4 is 28.1 Å². The Bertz CT molecular complexity index is 1520. The van der Waals surface area contributed by atoms with E-state index < -0.39 is 23.4 Å². The molecule has 5 rings (SSSR count). The number of aliphatic hydroxyl groups is 1. The minimum absolute atomic E-state index is 0.125. The fourth-order valence-corrected chi connectivity index (χ4v) is 4.47. The molecule has 1 aliphatic rings. The number of likely N-dealkylation sites (tertiary alicyclic amines) is 1. The molecule has 1 saturated heterocycles. The van der Waals surface area contributed by atoms with E-state index in [0.717, 1.165) is 21.4 Å². The molecule has 0 saturated carbocycles. The molecule has 1 aliphatic heterocycles. The lowest BCUT2D eigenvalue weighted by molar-refractivity contribution is 0.0765. The summed E-state index contributed by atoms with van der Waals surface area (Å²) in [5, 5.41) is 10.8. The van der Waals surface area contributed by atoms with Crippen LogP contribution in [0.3, 0.4) is 0 Å². The number of nitrogens with zero attached hydrogens (tertiary/aromatic N) is 6. The number of benzene rings is 1. The highest BCUT2D eigenvalue weighted by Gasteiger charge is 2.37. The third-order valence-electron chi connectivity index (χ3n) is 6.36. The summed E-state index contributed by atoms with van der Waals surface area (Å²) in [5.41, 5.74) is 1.55. The number of amides is 1. The summed E-state index contributed by atoms with van der Waals surface area (Å²) in [6, 6.07) is 4.77. The van der Waals surface area contributed by atoms with Crippen LogP contribution >= 0.6 is 0 Å². The lowest BCUT2D eigenvalue weighted by atomic mass is 10.2. The van der Waals surface area contributed by atoms with Gasteiger partial charge < -0.3 is 19.6 Å². The predicted octanol–water partition coefficient (Wildman–Crippen LogP) is 0.491. The van der Waals surface area contributed by atoms with E-state index in [2.05, 4.69) is 15.0 Å². The SMILES string of the molecule is CC(C)c1nc2ccc(C(=O)N3C[C@H](O)[C@@H](n4cnc5c(=O)n(C)c(=O)n(C)c54)C3)cc2[nH]1. The quantitative estimate of drug-likeness (QED) is 0.466. The zero-order valence-electron chi connectivity index (χ0n) is 18.8. The van der Waals surface area contributed by atoms with E-state index in [4.69, 9.17) is 0 Å². The van der Waals surface area contributed by atoms with Gasteiger partial charge in [-0.3, -0.25) is 18.7 Å². The lowest BCUT2D eigenvalue weighted by Crippen LogP contribution is -2.38. The molecular weight excluding hydrogens is 426 g/mol. The highest BCUT2D eigenvalue weighted by molar-refractivity contribution is 5.97. The van der Waals surface area contributed by atoms with E-state index in [1.165, 1.54) is 17.9 Å². The van der Waals surface area contributed by atoms with Crippen molar-refractivity contribution in [1.29, 1.82) is 0 Å². The predicted molar refractivity (Wildman–Crippen MR) is 121 cm³/mol. The number of hydrogen-bond acceptors (Lipinski definition) is 6. The van der Waals surface area contributed by atoms with Gasteiger partial charge in [-0.15, -0.1) is 0 Å². The maximum absolute atomic E-state index is 13.2. The van der Waals surface area contributed by atoms with E-state index in [0.29, 0.717) is 11.2 Å². The van der Waals surface area contributed by atoms with E-state index in [1.807, 2.05) is 19.9 Å². The van der Waals surface area contributed by atoms with Gasteiger partial charge in [-0.05, 0) is 18.2 Å². The van der Waals surface area contributed by atoms with E-state index in [-0.39, 0.29) is 30.4 Å². The second kappa shape index (κ2) is 7.41. The van der Waals surface area contributed by atoms with Gasteiger partial charge >= 0.3 is 5.69 Å². The van der Waals surface area contributed by atoms with Gasteiger partial charge in [0.2, 0.25) is 0 Å². The van der Waals surface area contributed by atoms with Crippen LogP contribution in [0.25, 0.3) is 22.2 Å². The number of H-pyrrole nitrogens is 1. The standard InChI is InChI=1S/C22H25N7O4/c1-11(2)18-24-13-6-5-12(7-14(13)25-18)20(31)28-8-15(16(30)9-28)29-10-23-17-19(29)26(3)22(33)27(4)21(17)32/h5-7,10-11,15-16,30H,8-9H2,1-4H3,(H,24,25)/t15-,16-/m0/s1. The van der Waals surface area contributed by atoms with E-state index in [1.54, 1.807) is 28.6 Å². The molecule has 1 amide bonds. The molecule has 0 aliphatic carbocycles. The third-order valence-corrected chi connectivity index (χ3v) is 6.36. The average molecular weight is 451 g/mol. The van der Waals surface area contributed by atoms with Crippen molar-refractivity contribution in [2.75, 3.05) is 13.1 Å². The number of aromatic amines is 1. The molecule has 1 aromatic carbocycles. The topological polar surface area (TPSA) is 131 Å². The maximum atomic E-state index is 13.2. The first-order valence-electron chi connectivity index (χ1n) is 10.8. The van der Waals surface area contributed by atoms with Gasteiger partial charge in [0.1, 0.15) is 11.5 Å². The number of carbonyl (C=O) groups is 1. The van der Waals surface area contributed by atoms with Crippen molar-refractivity contribution in [3.8, 4) is 0 Å². The molecular formula is C22H25N7O4. The smallest absolute Gasteiger partial charge is 0.332 e. The number of aryl methyl sites for hydroxylation is 1. The minimum atomic E-state index is -0.881. The van der Waals surface area contributed by atoms with Crippen molar-refractivity contribution in [2.45, 2.75) is 31.9 Å². The van der Waals surface area contributed by atoms with Crippen molar-refractivity contribution < 1.29 is 9.90 Å². The molecule has 1 fully saturated rings. The molecule has 4 heterocycles. The van der Waals surface area contributed by atoms with Gasteiger partial charge in [0.25, 0.3) is 11.5 Å². The van der Waals surface area contributed by atoms with Gasteiger partial charge in [0, 0.05) is 38.7 Å². The molecule has 3 aromatic heterocycles. The van der Waals surface area contributed by atoms with Crippen LogP contribution in [0.15, 0.2) is 34.1 Å². The van der Waals surface area contributed by atoms with Crippen molar-refractivity contribution in [2.24, 2.45) is 14.1 Å². The van der Waals surface area contributed by atoms with Crippen LogP contribution in [0, 0.1) is 0 Å². The molecule has 11 nitrogen and oxygen atoms in total. The Morgan fingerprint density at radius 2 is 1.94 bits per heavy atom. The Balaban J connectivity index is 1.47. The second-order valence-corrected chi connectivity index (χ2v) is 8.88. The highest BCUT2D eigenvalue weighted by Crippen LogP contribution is 2.27. The van der Waals surface area contributed by atoms with Crippen LogP contribution in [0.5, 0.6) is 0 Å². The number of β-amino-alcohol motifs (C(OH)–C–C–N with tert-alkyl or cyclic N) is 1. The Labute approximate surface area is 187 Å². The Morgan fingerprint density at radius 1 is 1.18 bits per heavy atom. The van der Waals surface area contributed by atoms with Crippen LogP contribution in [0.2, 0.25) is 0 Å². The number of rotatable bonds is 3. The van der Waals surface area contributed by atoms with Gasteiger partial charge in [-0.25, -0.2) is 14.8 Å². The van der Waals surface area contributed by atoms with E-state index >= 15 is 0 Å². The summed E-state index contributed by atoms with van der Waals surface area (Å²) in [6.45, 7) is 4.43. The monoisotopic (exact) mass is 451 g/mol. The first-order valence-corrected chi connectivity index (χ1v) is 10.8. The summed E-state index contributed by atoms with van der Waals surface area (Å²) in [7, 11) is 2.95. The average Bonchev–Trinajstić information content (AvgIpc) is 3.51. The van der Waals surface area contributed by atoms with Gasteiger partial charge in [0.15, 0.2) is 5.52 Å². The summed E-state index contributed by atoms with van der Waals surface area (Å²) in [6.07, 6.45) is 0.561. The number of nitrogens with one attached hydrogen (secondary N) is 1. The lowest BCUT2D eigenvalue weighted by Gasteiger charge is -2.18. The van der Waals surface area contributed by atoms with Crippen LogP contribution in [-0.2, 0) is 14.1 Å². The summed E-state index contributed by atoms with van der Waals surface area (Å²) >= 11 is 0. The molecule has 2 N–H and O–H groups in total. The van der Waals surface area contributed by atoms with Crippen LogP contribution < -0.4 is 11.2 Å². The Kier molecular flexibility index (Phi) is 4.74. The third kappa shape index (κ3) is 3.18. The number of carbonyl (C=O) groups excluding carboxylic acids is 1. The summed E-state index contributed by atoms with van der Waals surface area (Å²) in [4.78, 5) is 51.6. The van der Waals surface area contributed by atoms with Gasteiger partial charge in [-0.1, -0.05) is 13.8 Å². The first kappa shape index (κ1) is 21.1. The zero-order chi connectivity index (χ0) is 23.6. The molecule has 0 radical (unpaired) electrons. The number of fused-ring (bicyclic) bond motifs is 2. The van der Waals surface area contributed by atoms with Gasteiger partial charge in [0.05, 0.1) is 29.5 Å². The number of aliphatic hydroxyl groups excluding tert-OH is 1. The molecule has 0 bridgehead atoms. The van der Waals surface area contributed by atoms with Gasteiger partial charge in [-0.2, -0.15) is 0 Å². The molecule has 4 aromatic rings. The second-order valence-electron chi connectivity index (χ2n) is 8.88. The molecule has 0 unspecified atom stereocenters. The number of hydrogen-bond donors (Lipinski definition) is 2. The largest absolute Gasteiger partial charge is 0.389 e. The molecule has 2 atom stereocenters. The zero-order valence-corrected chi connectivity index (χ0v) is 18.8. The van der Waals surface area contributed by atoms with E-state index in [9.17, 15) is 19.5 Å². The maximum Gasteiger partial charge on any atom is 0.332 e. The minimum Gasteiger partial charge on any atom is -0.389 e. The van der Waals surface area contributed by atoms with Crippen molar-refractivity contribution in [1.82, 2.24) is 33.6 Å². The summed E-state index contributed by atoms with van der Waals surface area (Å²) in [5.74, 6) is 0.882.